The minimum absolute atomic E-state index is 0.240. The lowest BCUT2D eigenvalue weighted by atomic mass is 10.2. The lowest BCUT2D eigenvalue weighted by Crippen LogP contribution is -2.17. The van der Waals surface area contributed by atoms with Gasteiger partial charge in [-0.05, 0) is 19.1 Å². The van der Waals surface area contributed by atoms with E-state index in [2.05, 4.69) is 20.3 Å². The first-order valence-electron chi connectivity index (χ1n) is 5.59. The Labute approximate surface area is 99.9 Å². The predicted molar refractivity (Wildman–Crippen MR) is 64.6 cm³/mol. The predicted octanol–water partition coefficient (Wildman–Crippen LogP) is 1.15. The van der Waals surface area contributed by atoms with Gasteiger partial charge in [0.25, 0.3) is 0 Å². The summed E-state index contributed by atoms with van der Waals surface area (Å²) in [6.07, 6.45) is 4.36. The van der Waals surface area contributed by atoms with Crippen LogP contribution in [0.15, 0.2) is 24.7 Å². The molecule has 5 heteroatoms. The van der Waals surface area contributed by atoms with Crippen LogP contribution in [0.25, 0.3) is 0 Å². The molecule has 0 aliphatic carbocycles. The Kier molecular flexibility index (Phi) is 3.72. The first-order chi connectivity index (χ1) is 8.25. The van der Waals surface area contributed by atoms with Crippen LogP contribution in [-0.4, -0.2) is 26.6 Å². The van der Waals surface area contributed by atoms with Crippen LogP contribution < -0.4 is 5.32 Å². The lowest BCUT2D eigenvalue weighted by molar-refractivity contribution is 0.459. The zero-order valence-corrected chi connectivity index (χ0v) is 9.77. The average Bonchev–Trinajstić information content (AvgIpc) is 2.82. The van der Waals surface area contributed by atoms with Crippen molar-refractivity contribution in [3.63, 3.8) is 0 Å². The summed E-state index contributed by atoms with van der Waals surface area (Å²) < 4.78 is 0. The molecule has 0 spiro atoms. The standard InChI is InChI=1S/C12H16N4O/c1-9-2-3-12(17)11(16-9)7-13-5-4-10-6-14-8-15-10/h2-3,6,8,13,17H,4-5,7H2,1H3,(H,14,15). The number of H-pyrrole nitrogens is 1. The smallest absolute Gasteiger partial charge is 0.138 e. The van der Waals surface area contributed by atoms with Crippen molar-refractivity contribution in [1.29, 1.82) is 0 Å². The van der Waals surface area contributed by atoms with Gasteiger partial charge in [0.1, 0.15) is 5.75 Å². The third-order valence-corrected chi connectivity index (χ3v) is 2.51. The quantitative estimate of drug-likeness (QED) is 0.676. The summed E-state index contributed by atoms with van der Waals surface area (Å²) in [5.41, 5.74) is 2.70. The molecule has 17 heavy (non-hydrogen) atoms. The molecule has 0 saturated heterocycles. The Morgan fingerprint density at radius 1 is 1.41 bits per heavy atom. The van der Waals surface area contributed by atoms with E-state index in [9.17, 15) is 5.11 Å². The summed E-state index contributed by atoms with van der Waals surface area (Å²) in [5, 5.41) is 12.8. The number of aryl methyl sites for hydroxylation is 1. The number of aromatic amines is 1. The van der Waals surface area contributed by atoms with E-state index in [4.69, 9.17) is 0 Å². The van der Waals surface area contributed by atoms with Crippen LogP contribution in [0.4, 0.5) is 0 Å². The molecule has 0 amide bonds. The van der Waals surface area contributed by atoms with E-state index in [1.165, 1.54) is 0 Å². The van der Waals surface area contributed by atoms with Gasteiger partial charge in [-0.25, -0.2) is 4.98 Å². The highest BCUT2D eigenvalue weighted by Crippen LogP contribution is 2.13. The summed E-state index contributed by atoms with van der Waals surface area (Å²) in [5.74, 6) is 0.240. The van der Waals surface area contributed by atoms with Crippen molar-refractivity contribution < 1.29 is 5.11 Å². The largest absolute Gasteiger partial charge is 0.506 e. The molecule has 0 bridgehead atoms. The summed E-state index contributed by atoms with van der Waals surface area (Å²) >= 11 is 0. The molecule has 0 saturated carbocycles. The SMILES string of the molecule is Cc1ccc(O)c(CNCCc2cnc[nH]2)n1. The third-order valence-electron chi connectivity index (χ3n) is 2.51. The van der Waals surface area contributed by atoms with Crippen molar-refractivity contribution in [1.82, 2.24) is 20.3 Å². The van der Waals surface area contributed by atoms with Gasteiger partial charge in [0, 0.05) is 37.1 Å². The molecule has 2 rings (SSSR count). The maximum Gasteiger partial charge on any atom is 0.138 e. The molecule has 3 N–H and O–H groups in total. The van der Waals surface area contributed by atoms with Gasteiger partial charge in [0.05, 0.1) is 12.0 Å². The van der Waals surface area contributed by atoms with Gasteiger partial charge in [-0.15, -0.1) is 0 Å². The number of aromatic hydroxyl groups is 1. The monoisotopic (exact) mass is 232 g/mol. The molecule has 0 unspecified atom stereocenters. The Morgan fingerprint density at radius 3 is 3.06 bits per heavy atom. The molecule has 0 aliphatic rings. The van der Waals surface area contributed by atoms with Gasteiger partial charge < -0.3 is 15.4 Å². The molecule has 2 heterocycles. The number of pyridine rings is 1. The van der Waals surface area contributed by atoms with Crippen LogP contribution in [-0.2, 0) is 13.0 Å². The zero-order valence-electron chi connectivity index (χ0n) is 9.77. The molecule has 0 fully saturated rings. The van der Waals surface area contributed by atoms with Gasteiger partial charge in [-0.3, -0.25) is 4.98 Å². The van der Waals surface area contributed by atoms with Crippen LogP contribution in [0.2, 0.25) is 0 Å². The fourth-order valence-electron chi connectivity index (χ4n) is 1.58. The van der Waals surface area contributed by atoms with Crippen molar-refractivity contribution >= 4 is 0 Å². The lowest BCUT2D eigenvalue weighted by Gasteiger charge is -2.06. The summed E-state index contributed by atoms with van der Waals surface area (Å²) in [6.45, 7) is 3.30. The van der Waals surface area contributed by atoms with Crippen LogP contribution in [0, 0.1) is 6.92 Å². The van der Waals surface area contributed by atoms with Gasteiger partial charge in [-0.1, -0.05) is 0 Å². The second-order valence-corrected chi connectivity index (χ2v) is 3.92. The number of nitrogens with zero attached hydrogens (tertiary/aromatic N) is 2. The Hall–Kier alpha value is -1.88. The highest BCUT2D eigenvalue weighted by Gasteiger charge is 2.02. The van der Waals surface area contributed by atoms with E-state index in [1.807, 2.05) is 13.1 Å². The Balaban J connectivity index is 1.80. The molecule has 90 valence electrons. The molecule has 0 atom stereocenters. The van der Waals surface area contributed by atoms with E-state index >= 15 is 0 Å². The number of aromatic nitrogens is 3. The van der Waals surface area contributed by atoms with Gasteiger partial charge in [0.2, 0.25) is 0 Å². The van der Waals surface area contributed by atoms with E-state index in [0.29, 0.717) is 12.2 Å². The Bertz CT molecular complexity index is 467. The van der Waals surface area contributed by atoms with Crippen LogP contribution in [0.1, 0.15) is 17.1 Å². The summed E-state index contributed by atoms with van der Waals surface area (Å²) in [7, 11) is 0. The zero-order chi connectivity index (χ0) is 12.1. The fourth-order valence-corrected chi connectivity index (χ4v) is 1.58. The average molecular weight is 232 g/mol. The number of nitrogens with one attached hydrogen (secondary N) is 2. The Morgan fingerprint density at radius 2 is 2.29 bits per heavy atom. The van der Waals surface area contributed by atoms with E-state index < -0.39 is 0 Å². The second kappa shape index (κ2) is 5.45. The summed E-state index contributed by atoms with van der Waals surface area (Å²) in [6, 6.07) is 3.47. The van der Waals surface area contributed by atoms with Crippen molar-refractivity contribution in [3.05, 3.63) is 41.7 Å². The van der Waals surface area contributed by atoms with Gasteiger partial charge >= 0.3 is 0 Å². The molecule has 5 nitrogen and oxygen atoms in total. The van der Waals surface area contributed by atoms with E-state index in [-0.39, 0.29) is 5.75 Å². The maximum absolute atomic E-state index is 9.60. The number of rotatable bonds is 5. The number of hydrogen-bond acceptors (Lipinski definition) is 4. The number of hydrogen-bond donors (Lipinski definition) is 3. The highest BCUT2D eigenvalue weighted by atomic mass is 16.3. The van der Waals surface area contributed by atoms with Crippen molar-refractivity contribution in [2.45, 2.75) is 19.9 Å². The number of imidazole rings is 1. The normalized spacial score (nSPS) is 10.6. The summed E-state index contributed by atoms with van der Waals surface area (Å²) in [4.78, 5) is 11.3. The first-order valence-corrected chi connectivity index (χ1v) is 5.59. The van der Waals surface area contributed by atoms with Crippen molar-refractivity contribution in [2.24, 2.45) is 0 Å². The topological polar surface area (TPSA) is 73.8 Å². The highest BCUT2D eigenvalue weighted by molar-refractivity contribution is 5.27. The molecular formula is C12H16N4O. The van der Waals surface area contributed by atoms with Crippen LogP contribution in [0.3, 0.4) is 0 Å². The third kappa shape index (κ3) is 3.29. The van der Waals surface area contributed by atoms with Crippen molar-refractivity contribution in [2.75, 3.05) is 6.54 Å². The van der Waals surface area contributed by atoms with Gasteiger partial charge in [-0.2, -0.15) is 0 Å². The minimum Gasteiger partial charge on any atom is -0.506 e. The maximum atomic E-state index is 9.60. The first kappa shape index (κ1) is 11.6. The second-order valence-electron chi connectivity index (χ2n) is 3.92. The molecule has 2 aromatic rings. The van der Waals surface area contributed by atoms with Crippen LogP contribution in [0.5, 0.6) is 5.75 Å². The van der Waals surface area contributed by atoms with E-state index in [0.717, 1.165) is 24.4 Å². The fraction of sp³-hybridized carbons (Fsp3) is 0.333. The van der Waals surface area contributed by atoms with E-state index in [1.54, 1.807) is 18.5 Å². The molecule has 0 radical (unpaired) electrons. The molecule has 0 aromatic carbocycles. The van der Waals surface area contributed by atoms with Crippen molar-refractivity contribution in [3.8, 4) is 5.75 Å². The molecule has 2 aromatic heterocycles. The van der Waals surface area contributed by atoms with Gasteiger partial charge in [0.15, 0.2) is 0 Å². The minimum atomic E-state index is 0.240. The molecule has 0 aliphatic heterocycles. The molecular weight excluding hydrogens is 216 g/mol. The van der Waals surface area contributed by atoms with Crippen LogP contribution >= 0.6 is 0 Å².